The van der Waals surface area contributed by atoms with Crippen molar-refractivity contribution in [3.63, 3.8) is 0 Å². The Bertz CT molecular complexity index is 2540. The molecule has 55 heavy (non-hydrogen) atoms. The number of aryl methyl sites for hydroxylation is 1. The van der Waals surface area contributed by atoms with E-state index in [2.05, 4.69) is 25.8 Å². The average molecular weight is 859 g/mol. The lowest BCUT2D eigenvalue weighted by atomic mass is 9.91. The third kappa shape index (κ3) is 7.05. The zero-order chi connectivity index (χ0) is 38.5. The molecule has 3 fully saturated rings. The molecule has 8 rings (SSSR count). The Labute approximate surface area is 328 Å². The minimum atomic E-state index is -0.536. The van der Waals surface area contributed by atoms with Crippen LogP contribution in [0, 0.1) is 22.2 Å². The molecule has 2 aromatic carbocycles. The summed E-state index contributed by atoms with van der Waals surface area (Å²) in [6.07, 6.45) is 5.78. The number of benzene rings is 2. The summed E-state index contributed by atoms with van der Waals surface area (Å²) in [4.78, 5) is 72.9. The number of pyridine rings is 2. The molecule has 1 aliphatic carbocycles. The standard InChI is InChI=1S/C40H40FIN8O5/c1-22-35-34(36(47(2)38(22)53)45-31-11-7-25(42)18-30(31)41)39(54)50(27-8-9-27)40(55)49(35)28-5-3-4-26(19-28)43-20-23-14-16-48(17-15-23)32-12-6-24(21-44-32)29-10-13-33(51)46-37(29)52/h3-7,11-12,18-19,21,23,27,29,43,45H,8-10,13-17,20H2,1-2H3,(H,46,51,52). The molecule has 1 unspecified atom stereocenters. The van der Waals surface area contributed by atoms with Crippen molar-refractivity contribution in [3.8, 4) is 5.69 Å². The summed E-state index contributed by atoms with van der Waals surface area (Å²) in [5.74, 6) is -0.0639. The van der Waals surface area contributed by atoms with Crippen molar-refractivity contribution < 1.29 is 14.0 Å². The summed E-state index contributed by atoms with van der Waals surface area (Å²) in [6.45, 7) is 3.94. The van der Waals surface area contributed by atoms with Crippen molar-refractivity contribution in [1.29, 1.82) is 0 Å². The molecule has 3 N–H and O–H groups in total. The zero-order valence-corrected chi connectivity index (χ0v) is 32.6. The molecule has 0 bridgehead atoms. The van der Waals surface area contributed by atoms with Crippen LogP contribution in [0.4, 0.5) is 27.4 Å². The van der Waals surface area contributed by atoms with E-state index in [0.29, 0.717) is 47.4 Å². The minimum Gasteiger partial charge on any atom is -0.385 e. The van der Waals surface area contributed by atoms with Gasteiger partial charge in [0.05, 0.1) is 22.8 Å². The highest BCUT2D eigenvalue weighted by Crippen LogP contribution is 2.35. The molecule has 5 heterocycles. The number of nitrogens with zero attached hydrogens (tertiary/aromatic N) is 5. The fourth-order valence-corrected chi connectivity index (χ4v) is 8.21. The molecule has 2 aliphatic heterocycles. The number of imide groups is 1. The molecule has 0 spiro atoms. The minimum absolute atomic E-state index is 0.103. The lowest BCUT2D eigenvalue weighted by molar-refractivity contribution is -0.134. The van der Waals surface area contributed by atoms with Crippen LogP contribution < -0.4 is 37.7 Å². The number of carbonyl (C=O) groups is 2. The van der Waals surface area contributed by atoms with Gasteiger partial charge < -0.3 is 15.5 Å². The number of piperidine rings is 2. The van der Waals surface area contributed by atoms with Crippen molar-refractivity contribution in [1.82, 2.24) is 24.0 Å². The Hall–Kier alpha value is -5.32. The van der Waals surface area contributed by atoms with Gasteiger partial charge in [0, 0.05) is 60.2 Å². The van der Waals surface area contributed by atoms with Crippen molar-refractivity contribution in [2.75, 3.05) is 35.2 Å². The van der Waals surface area contributed by atoms with E-state index in [1.165, 1.54) is 26.8 Å². The van der Waals surface area contributed by atoms with Gasteiger partial charge in [0.1, 0.15) is 22.8 Å². The average Bonchev–Trinajstić information content (AvgIpc) is 4.01. The number of anilines is 4. The molecule has 5 aromatic rings. The molecule has 284 valence electrons. The molecule has 13 nitrogen and oxygen atoms in total. The second-order valence-corrected chi connectivity index (χ2v) is 15.9. The van der Waals surface area contributed by atoms with Crippen LogP contribution in [0.2, 0.25) is 0 Å². The van der Waals surface area contributed by atoms with Crippen molar-refractivity contribution in [2.24, 2.45) is 13.0 Å². The molecule has 3 aliphatic rings. The van der Waals surface area contributed by atoms with Crippen molar-refractivity contribution in [2.45, 2.75) is 57.4 Å². The van der Waals surface area contributed by atoms with Crippen LogP contribution in [-0.2, 0) is 16.6 Å². The van der Waals surface area contributed by atoms with Gasteiger partial charge >= 0.3 is 5.69 Å². The molecule has 1 saturated carbocycles. The fraction of sp³-hybridized carbons (Fsp3) is 0.350. The van der Waals surface area contributed by atoms with E-state index in [9.17, 15) is 24.0 Å². The van der Waals surface area contributed by atoms with Crippen LogP contribution >= 0.6 is 22.6 Å². The van der Waals surface area contributed by atoms with Gasteiger partial charge in [0.15, 0.2) is 0 Å². The topological polar surface area (TPSA) is 152 Å². The van der Waals surface area contributed by atoms with Crippen LogP contribution in [0.15, 0.2) is 75.2 Å². The van der Waals surface area contributed by atoms with E-state index in [1.54, 1.807) is 31.3 Å². The number of aromatic nitrogens is 4. The SMILES string of the molecule is Cc1c(=O)n(C)c(Nc2ccc(I)cc2F)c2c(=O)n(C3CC3)c(=O)n(-c3cccc(NCC4CCN(c5ccc(C6CCC(=O)NC6=O)cn5)CC4)c3)c12. The summed E-state index contributed by atoms with van der Waals surface area (Å²) in [5, 5.41) is 9.11. The summed E-state index contributed by atoms with van der Waals surface area (Å²) >= 11 is 2.01. The van der Waals surface area contributed by atoms with Gasteiger partial charge in [-0.2, -0.15) is 0 Å². The van der Waals surface area contributed by atoms with E-state index in [4.69, 9.17) is 0 Å². The highest BCUT2D eigenvalue weighted by atomic mass is 127. The Morgan fingerprint density at radius 3 is 2.42 bits per heavy atom. The van der Waals surface area contributed by atoms with E-state index >= 15 is 4.39 Å². The molecular weight excluding hydrogens is 818 g/mol. The predicted octanol–water partition coefficient (Wildman–Crippen LogP) is 5.23. The quantitative estimate of drug-likeness (QED) is 0.134. The van der Waals surface area contributed by atoms with Crippen molar-refractivity contribution in [3.05, 3.63) is 113 Å². The highest BCUT2D eigenvalue weighted by molar-refractivity contribution is 14.1. The largest absolute Gasteiger partial charge is 0.385 e. The number of rotatable bonds is 9. The van der Waals surface area contributed by atoms with Gasteiger partial charge in [-0.3, -0.25) is 38.2 Å². The molecule has 15 heteroatoms. The lowest BCUT2D eigenvalue weighted by Gasteiger charge is -2.33. The van der Waals surface area contributed by atoms with Gasteiger partial charge in [0.25, 0.3) is 11.1 Å². The molecular formula is C40H40FIN8O5. The number of hydrogen-bond donors (Lipinski definition) is 3. The molecule has 3 aromatic heterocycles. The van der Waals surface area contributed by atoms with Crippen LogP contribution in [-0.4, -0.2) is 50.1 Å². The maximum atomic E-state index is 15.1. The number of hydrogen-bond acceptors (Lipinski definition) is 9. The highest BCUT2D eigenvalue weighted by Gasteiger charge is 2.32. The summed E-state index contributed by atoms with van der Waals surface area (Å²) < 4.78 is 19.8. The monoisotopic (exact) mass is 858 g/mol. The zero-order valence-electron chi connectivity index (χ0n) is 30.4. The summed E-state index contributed by atoms with van der Waals surface area (Å²) in [7, 11) is 1.53. The first kappa shape index (κ1) is 36.6. The van der Waals surface area contributed by atoms with E-state index in [-0.39, 0.29) is 51.7 Å². The second-order valence-electron chi connectivity index (χ2n) is 14.6. The van der Waals surface area contributed by atoms with Crippen LogP contribution in [0.3, 0.4) is 0 Å². The van der Waals surface area contributed by atoms with E-state index in [0.717, 1.165) is 43.0 Å². The summed E-state index contributed by atoms with van der Waals surface area (Å²) in [6, 6.07) is 15.7. The van der Waals surface area contributed by atoms with Gasteiger partial charge in [-0.05, 0) is 116 Å². The van der Waals surface area contributed by atoms with Crippen LogP contribution in [0.5, 0.6) is 0 Å². The number of halogens is 2. The second kappa shape index (κ2) is 14.7. The Morgan fingerprint density at radius 1 is 0.945 bits per heavy atom. The fourth-order valence-electron chi connectivity index (χ4n) is 7.76. The lowest BCUT2D eigenvalue weighted by Crippen LogP contribution is -2.41. The molecule has 2 amide bonds. The van der Waals surface area contributed by atoms with Gasteiger partial charge in [-0.1, -0.05) is 12.1 Å². The first-order valence-electron chi connectivity index (χ1n) is 18.5. The summed E-state index contributed by atoms with van der Waals surface area (Å²) in [5.41, 5.74) is 1.15. The first-order valence-corrected chi connectivity index (χ1v) is 19.6. The van der Waals surface area contributed by atoms with Gasteiger partial charge in [-0.15, -0.1) is 0 Å². The van der Waals surface area contributed by atoms with Crippen molar-refractivity contribution >= 4 is 68.3 Å². The predicted molar refractivity (Wildman–Crippen MR) is 217 cm³/mol. The smallest absolute Gasteiger partial charge is 0.336 e. The van der Waals surface area contributed by atoms with Crippen LogP contribution in [0.25, 0.3) is 16.6 Å². The normalized spacial score (nSPS) is 17.7. The Balaban J connectivity index is 1.04. The van der Waals surface area contributed by atoms with Crippen LogP contribution in [0.1, 0.15) is 61.6 Å². The maximum Gasteiger partial charge on any atom is 0.336 e. The van der Waals surface area contributed by atoms with E-state index in [1.807, 2.05) is 52.9 Å². The van der Waals surface area contributed by atoms with Gasteiger partial charge in [-0.25, -0.2) is 14.2 Å². The number of nitrogens with one attached hydrogen (secondary N) is 3. The molecule has 2 saturated heterocycles. The third-order valence-corrected chi connectivity index (χ3v) is 11.7. The number of carbonyl (C=O) groups excluding carboxylic acids is 2. The maximum absolute atomic E-state index is 15.1. The number of amides is 2. The number of fused-ring (bicyclic) bond motifs is 1. The van der Waals surface area contributed by atoms with Gasteiger partial charge in [0.2, 0.25) is 11.8 Å². The molecule has 0 radical (unpaired) electrons. The Kier molecular flexibility index (Phi) is 9.81. The molecule has 1 atom stereocenters. The first-order chi connectivity index (χ1) is 26.5. The third-order valence-electron chi connectivity index (χ3n) is 11.0. The van der Waals surface area contributed by atoms with E-state index < -0.39 is 22.6 Å². The Morgan fingerprint density at radius 2 is 1.73 bits per heavy atom.